The average molecular weight is 293 g/mol. The molecule has 112 valence electrons. The monoisotopic (exact) mass is 293 g/mol. The molecule has 0 radical (unpaired) electrons. The van der Waals surface area contributed by atoms with E-state index in [0.717, 1.165) is 17.8 Å². The van der Waals surface area contributed by atoms with E-state index in [-0.39, 0.29) is 5.91 Å². The predicted octanol–water partition coefficient (Wildman–Crippen LogP) is 1.74. The summed E-state index contributed by atoms with van der Waals surface area (Å²) in [5.74, 6) is 3.30. The summed E-state index contributed by atoms with van der Waals surface area (Å²) < 4.78 is 1.92. The van der Waals surface area contributed by atoms with Crippen molar-refractivity contribution in [1.29, 1.82) is 0 Å². The van der Waals surface area contributed by atoms with Crippen LogP contribution in [-0.2, 0) is 0 Å². The fourth-order valence-corrected chi connectivity index (χ4v) is 3.75. The van der Waals surface area contributed by atoms with Crippen molar-refractivity contribution >= 4 is 11.4 Å². The zero-order valence-corrected chi connectivity index (χ0v) is 12.5. The van der Waals surface area contributed by atoms with Gasteiger partial charge in [0.2, 0.25) is 0 Å². The Labute approximate surface area is 130 Å². The Hall–Kier alpha value is -2.25. The second-order valence-electron chi connectivity index (χ2n) is 6.29. The van der Waals surface area contributed by atoms with Crippen LogP contribution in [0, 0.1) is 18.3 Å². The topological polar surface area (TPSA) is 36.8 Å². The molecule has 0 saturated carbocycles. The van der Waals surface area contributed by atoms with Gasteiger partial charge < -0.3 is 14.6 Å². The molecule has 2 bridgehead atoms. The molecule has 3 aliphatic rings. The lowest BCUT2D eigenvalue weighted by Crippen LogP contribution is -2.57. The van der Waals surface area contributed by atoms with Crippen LogP contribution in [0.2, 0.25) is 0 Å². The van der Waals surface area contributed by atoms with Gasteiger partial charge in [0.25, 0.3) is 5.91 Å². The van der Waals surface area contributed by atoms with Gasteiger partial charge in [0, 0.05) is 29.9 Å². The Morgan fingerprint density at radius 1 is 1.27 bits per heavy atom. The number of pyridine rings is 1. The van der Waals surface area contributed by atoms with E-state index in [2.05, 4.69) is 16.1 Å². The Kier molecular flexibility index (Phi) is 3.16. The fraction of sp³-hybridized carbons (Fsp3) is 0.389. The SMILES string of the molecule is C#Cc1ccc2cc(C(=O)N[C@H]3CN4CCC3CC4)ccn12. The van der Waals surface area contributed by atoms with Crippen LogP contribution in [0.5, 0.6) is 0 Å². The third kappa shape index (κ3) is 2.18. The lowest BCUT2D eigenvalue weighted by Gasteiger charge is -2.44. The number of carbonyl (C=O) groups excluding carboxylic acids is 1. The highest BCUT2D eigenvalue weighted by molar-refractivity contribution is 5.95. The number of amides is 1. The molecule has 5 rings (SSSR count). The summed E-state index contributed by atoms with van der Waals surface area (Å²) in [5, 5.41) is 3.22. The molecule has 2 aromatic heterocycles. The molecule has 3 saturated heterocycles. The van der Waals surface area contributed by atoms with Crippen molar-refractivity contribution in [2.45, 2.75) is 18.9 Å². The van der Waals surface area contributed by atoms with E-state index in [4.69, 9.17) is 6.42 Å². The minimum atomic E-state index is 0.0182. The first kappa shape index (κ1) is 13.4. The summed E-state index contributed by atoms with van der Waals surface area (Å²) in [6.07, 6.45) is 9.74. The van der Waals surface area contributed by atoms with Gasteiger partial charge in [-0.3, -0.25) is 4.79 Å². The first-order valence-corrected chi connectivity index (χ1v) is 7.85. The van der Waals surface area contributed by atoms with Gasteiger partial charge in [-0.05, 0) is 56.1 Å². The van der Waals surface area contributed by atoms with Crippen LogP contribution < -0.4 is 5.32 Å². The molecule has 2 aromatic rings. The van der Waals surface area contributed by atoms with E-state index < -0.39 is 0 Å². The predicted molar refractivity (Wildman–Crippen MR) is 85.8 cm³/mol. The molecular weight excluding hydrogens is 274 g/mol. The molecule has 1 N–H and O–H groups in total. The highest BCUT2D eigenvalue weighted by atomic mass is 16.1. The maximum atomic E-state index is 12.5. The summed E-state index contributed by atoms with van der Waals surface area (Å²) in [7, 11) is 0. The Bertz CT molecular complexity index is 762. The van der Waals surface area contributed by atoms with Crippen molar-refractivity contribution < 1.29 is 4.79 Å². The normalized spacial score (nSPS) is 26.8. The molecule has 0 unspecified atom stereocenters. The summed E-state index contributed by atoms with van der Waals surface area (Å²) in [4.78, 5) is 15.0. The van der Waals surface area contributed by atoms with Crippen molar-refractivity contribution in [3.05, 3.63) is 41.7 Å². The zero-order valence-electron chi connectivity index (χ0n) is 12.5. The van der Waals surface area contributed by atoms with Crippen molar-refractivity contribution in [1.82, 2.24) is 14.6 Å². The van der Waals surface area contributed by atoms with E-state index in [1.54, 1.807) is 0 Å². The number of terminal acetylenes is 1. The Balaban J connectivity index is 1.54. The van der Waals surface area contributed by atoms with Crippen LogP contribution in [-0.4, -0.2) is 40.9 Å². The van der Waals surface area contributed by atoms with Gasteiger partial charge >= 0.3 is 0 Å². The number of rotatable bonds is 2. The van der Waals surface area contributed by atoms with Crippen LogP contribution in [0.4, 0.5) is 0 Å². The van der Waals surface area contributed by atoms with Crippen LogP contribution in [0.3, 0.4) is 0 Å². The molecule has 4 nitrogen and oxygen atoms in total. The van der Waals surface area contributed by atoms with Crippen LogP contribution in [0.15, 0.2) is 30.5 Å². The lowest BCUT2D eigenvalue weighted by atomic mass is 9.84. The van der Waals surface area contributed by atoms with E-state index in [1.807, 2.05) is 34.9 Å². The quantitative estimate of drug-likeness (QED) is 0.856. The molecule has 3 fully saturated rings. The molecular formula is C18H19N3O. The van der Waals surface area contributed by atoms with Gasteiger partial charge in [-0.15, -0.1) is 6.42 Å². The molecule has 22 heavy (non-hydrogen) atoms. The largest absolute Gasteiger partial charge is 0.348 e. The zero-order chi connectivity index (χ0) is 15.1. The van der Waals surface area contributed by atoms with Gasteiger partial charge in [-0.25, -0.2) is 0 Å². The molecule has 3 aliphatic heterocycles. The molecule has 1 amide bonds. The molecule has 0 aliphatic carbocycles. The van der Waals surface area contributed by atoms with Crippen LogP contribution in [0.25, 0.3) is 5.52 Å². The van der Waals surface area contributed by atoms with E-state index in [1.165, 1.54) is 25.9 Å². The maximum absolute atomic E-state index is 12.5. The number of aromatic nitrogens is 1. The van der Waals surface area contributed by atoms with Crippen molar-refractivity contribution in [3.8, 4) is 12.3 Å². The number of nitrogens with one attached hydrogen (secondary N) is 1. The summed E-state index contributed by atoms with van der Waals surface area (Å²) >= 11 is 0. The standard InChI is InChI=1S/C18H19N3O/c1-2-15-3-4-16-11-14(7-10-21(15)16)18(22)19-17-12-20-8-5-13(17)6-9-20/h1,3-4,7,10-11,13,17H,5-6,8-9,12H2,(H,19,22)/t17-/m0/s1. The van der Waals surface area contributed by atoms with E-state index in [9.17, 15) is 4.79 Å². The van der Waals surface area contributed by atoms with Gasteiger partial charge in [0.15, 0.2) is 0 Å². The van der Waals surface area contributed by atoms with Gasteiger partial charge in [-0.1, -0.05) is 5.92 Å². The third-order valence-corrected chi connectivity index (χ3v) is 5.04. The number of piperidine rings is 3. The molecule has 4 heteroatoms. The van der Waals surface area contributed by atoms with Gasteiger partial charge in [0.05, 0.1) is 5.69 Å². The molecule has 0 spiro atoms. The third-order valence-electron chi connectivity index (χ3n) is 5.04. The number of fused-ring (bicyclic) bond motifs is 4. The first-order valence-electron chi connectivity index (χ1n) is 7.85. The number of hydrogen-bond donors (Lipinski definition) is 1. The van der Waals surface area contributed by atoms with Crippen molar-refractivity contribution in [3.63, 3.8) is 0 Å². The summed E-state index contributed by atoms with van der Waals surface area (Å²) in [6.45, 7) is 3.36. The van der Waals surface area contributed by atoms with E-state index in [0.29, 0.717) is 17.5 Å². The average Bonchev–Trinajstić information content (AvgIpc) is 2.98. The molecule has 0 aromatic carbocycles. The number of hydrogen-bond acceptors (Lipinski definition) is 2. The van der Waals surface area contributed by atoms with Crippen molar-refractivity contribution in [2.75, 3.05) is 19.6 Å². The second-order valence-corrected chi connectivity index (χ2v) is 6.29. The first-order chi connectivity index (χ1) is 10.7. The van der Waals surface area contributed by atoms with Crippen LogP contribution in [0.1, 0.15) is 28.9 Å². The Morgan fingerprint density at radius 3 is 2.77 bits per heavy atom. The maximum Gasteiger partial charge on any atom is 0.251 e. The highest BCUT2D eigenvalue weighted by Crippen LogP contribution is 2.27. The van der Waals surface area contributed by atoms with Gasteiger partial charge in [-0.2, -0.15) is 0 Å². The number of nitrogens with zero attached hydrogens (tertiary/aromatic N) is 2. The molecule has 5 heterocycles. The minimum Gasteiger partial charge on any atom is -0.348 e. The van der Waals surface area contributed by atoms with Crippen LogP contribution >= 0.6 is 0 Å². The van der Waals surface area contributed by atoms with Gasteiger partial charge in [0.1, 0.15) is 0 Å². The second kappa shape index (κ2) is 5.19. The smallest absolute Gasteiger partial charge is 0.251 e. The highest BCUT2D eigenvalue weighted by Gasteiger charge is 2.34. The Morgan fingerprint density at radius 2 is 2.09 bits per heavy atom. The number of carbonyl (C=O) groups is 1. The summed E-state index contributed by atoms with van der Waals surface area (Å²) in [6, 6.07) is 7.87. The van der Waals surface area contributed by atoms with Crippen molar-refractivity contribution in [2.24, 2.45) is 5.92 Å². The minimum absolute atomic E-state index is 0.0182. The lowest BCUT2D eigenvalue weighted by molar-refractivity contribution is 0.0620. The van der Waals surface area contributed by atoms with E-state index >= 15 is 0 Å². The molecule has 1 atom stereocenters. The fourth-order valence-electron chi connectivity index (χ4n) is 3.75. The summed E-state index contributed by atoms with van der Waals surface area (Å²) in [5.41, 5.74) is 2.46.